The highest BCUT2D eigenvalue weighted by Gasteiger charge is 2.11. The summed E-state index contributed by atoms with van der Waals surface area (Å²) < 4.78 is 11.0. The number of aliphatic hydroxyl groups excluding tert-OH is 1. The van der Waals surface area contributed by atoms with E-state index in [9.17, 15) is 5.11 Å². The first-order valence-electron chi connectivity index (χ1n) is 6.76. The van der Waals surface area contributed by atoms with Gasteiger partial charge in [0.1, 0.15) is 6.10 Å². The van der Waals surface area contributed by atoms with Gasteiger partial charge in [-0.15, -0.1) is 0 Å². The van der Waals surface area contributed by atoms with Crippen molar-refractivity contribution in [3.8, 4) is 0 Å². The first-order valence-corrected chi connectivity index (χ1v) is 6.76. The predicted molar refractivity (Wildman–Crippen MR) is 77.4 cm³/mol. The van der Waals surface area contributed by atoms with Crippen molar-refractivity contribution < 1.29 is 14.6 Å². The zero-order valence-electron chi connectivity index (χ0n) is 12.7. The fourth-order valence-electron chi connectivity index (χ4n) is 1.90. The molecule has 0 fully saturated rings. The summed E-state index contributed by atoms with van der Waals surface area (Å²) in [5.74, 6) is 0. The summed E-state index contributed by atoms with van der Waals surface area (Å²) in [7, 11) is 0. The number of rotatable bonds is 6. The van der Waals surface area contributed by atoms with Crippen molar-refractivity contribution in [1.82, 2.24) is 0 Å². The maximum absolute atomic E-state index is 10.1. The van der Waals surface area contributed by atoms with Crippen LogP contribution in [-0.4, -0.2) is 30.5 Å². The molecule has 1 N–H and O–H groups in total. The molecule has 19 heavy (non-hydrogen) atoms. The van der Waals surface area contributed by atoms with Gasteiger partial charge >= 0.3 is 0 Å². The Hall–Kier alpha value is -0.900. The topological polar surface area (TPSA) is 38.7 Å². The molecular weight excluding hydrogens is 240 g/mol. The van der Waals surface area contributed by atoms with E-state index in [1.165, 1.54) is 0 Å². The Morgan fingerprint density at radius 2 is 1.63 bits per heavy atom. The van der Waals surface area contributed by atoms with Gasteiger partial charge in [0.25, 0.3) is 0 Å². The van der Waals surface area contributed by atoms with Crippen molar-refractivity contribution in [2.75, 3.05) is 19.8 Å². The minimum absolute atomic E-state index is 0.143. The lowest BCUT2D eigenvalue weighted by atomic mass is 10.0. The largest absolute Gasteiger partial charge is 0.386 e. The van der Waals surface area contributed by atoms with Gasteiger partial charge < -0.3 is 14.6 Å². The Labute approximate surface area is 116 Å². The van der Waals surface area contributed by atoms with Crippen LogP contribution < -0.4 is 0 Å². The lowest BCUT2D eigenvalue weighted by molar-refractivity contribution is -0.0477. The SMILES string of the molecule is Cc1cc(C)cc(C(O)COCCOC(C)(C)C)c1. The summed E-state index contributed by atoms with van der Waals surface area (Å²) >= 11 is 0. The second kappa shape index (κ2) is 7.04. The van der Waals surface area contributed by atoms with E-state index in [4.69, 9.17) is 9.47 Å². The smallest absolute Gasteiger partial charge is 0.102 e. The molecule has 0 radical (unpaired) electrons. The first kappa shape index (κ1) is 16.2. The molecule has 108 valence electrons. The van der Waals surface area contributed by atoms with Gasteiger partial charge in [0, 0.05) is 0 Å². The molecule has 0 aliphatic rings. The van der Waals surface area contributed by atoms with Crippen molar-refractivity contribution in [3.63, 3.8) is 0 Å². The fraction of sp³-hybridized carbons (Fsp3) is 0.625. The van der Waals surface area contributed by atoms with Crippen molar-refractivity contribution in [1.29, 1.82) is 0 Å². The quantitative estimate of drug-likeness (QED) is 0.804. The minimum atomic E-state index is -0.576. The van der Waals surface area contributed by atoms with Crippen molar-refractivity contribution in [2.24, 2.45) is 0 Å². The van der Waals surface area contributed by atoms with Gasteiger partial charge in [0.05, 0.1) is 25.4 Å². The fourth-order valence-corrected chi connectivity index (χ4v) is 1.90. The van der Waals surface area contributed by atoms with E-state index < -0.39 is 6.10 Å². The molecule has 0 saturated carbocycles. The first-order chi connectivity index (χ1) is 8.78. The van der Waals surface area contributed by atoms with E-state index in [-0.39, 0.29) is 5.60 Å². The molecule has 1 atom stereocenters. The van der Waals surface area contributed by atoms with Crippen LogP contribution in [-0.2, 0) is 9.47 Å². The maximum atomic E-state index is 10.1. The lowest BCUT2D eigenvalue weighted by Crippen LogP contribution is -2.22. The van der Waals surface area contributed by atoms with Crippen LogP contribution in [0.2, 0.25) is 0 Å². The van der Waals surface area contributed by atoms with Gasteiger partial charge in [-0.1, -0.05) is 29.3 Å². The standard InChI is InChI=1S/C16H26O3/c1-12-8-13(2)10-14(9-12)15(17)11-18-6-7-19-16(3,4)5/h8-10,15,17H,6-7,11H2,1-5H3. The number of benzene rings is 1. The molecule has 3 heteroatoms. The molecule has 0 spiro atoms. The highest BCUT2D eigenvalue weighted by Crippen LogP contribution is 2.17. The molecule has 0 amide bonds. The van der Waals surface area contributed by atoms with E-state index in [2.05, 4.69) is 6.07 Å². The van der Waals surface area contributed by atoms with E-state index >= 15 is 0 Å². The third-order valence-corrected chi connectivity index (χ3v) is 2.67. The van der Waals surface area contributed by atoms with Crippen LogP contribution in [0, 0.1) is 13.8 Å². The van der Waals surface area contributed by atoms with Crippen LogP contribution in [0.3, 0.4) is 0 Å². The Bertz CT molecular complexity index is 373. The number of aryl methyl sites for hydroxylation is 2. The second-order valence-corrected chi connectivity index (χ2v) is 5.97. The van der Waals surface area contributed by atoms with Gasteiger partial charge in [-0.3, -0.25) is 0 Å². The van der Waals surface area contributed by atoms with Gasteiger partial charge in [0.15, 0.2) is 0 Å². The van der Waals surface area contributed by atoms with Gasteiger partial charge in [-0.25, -0.2) is 0 Å². The molecule has 0 heterocycles. The molecule has 0 aliphatic carbocycles. The van der Waals surface area contributed by atoms with Crippen molar-refractivity contribution in [3.05, 3.63) is 34.9 Å². The van der Waals surface area contributed by atoms with Crippen LogP contribution in [0.15, 0.2) is 18.2 Å². The molecule has 0 aromatic heterocycles. The number of aliphatic hydroxyl groups is 1. The Morgan fingerprint density at radius 3 is 2.16 bits per heavy atom. The average Bonchev–Trinajstić information content (AvgIpc) is 2.25. The van der Waals surface area contributed by atoms with E-state index in [1.807, 2.05) is 46.8 Å². The third kappa shape index (κ3) is 6.71. The third-order valence-electron chi connectivity index (χ3n) is 2.67. The zero-order valence-corrected chi connectivity index (χ0v) is 12.7. The molecular formula is C16H26O3. The molecule has 1 aromatic carbocycles. The predicted octanol–water partition coefficient (Wildman–Crippen LogP) is 3.17. The van der Waals surface area contributed by atoms with Gasteiger partial charge in [-0.05, 0) is 40.2 Å². The summed E-state index contributed by atoms with van der Waals surface area (Å²) in [6.07, 6.45) is -0.576. The molecule has 1 aromatic rings. The monoisotopic (exact) mass is 266 g/mol. The van der Waals surface area contributed by atoms with Crippen LogP contribution in [0.4, 0.5) is 0 Å². The molecule has 0 aliphatic heterocycles. The van der Waals surface area contributed by atoms with Crippen LogP contribution >= 0.6 is 0 Å². The number of hydrogen-bond donors (Lipinski definition) is 1. The number of hydrogen-bond acceptors (Lipinski definition) is 3. The van der Waals surface area contributed by atoms with E-state index in [1.54, 1.807) is 0 Å². The summed E-state index contributed by atoms with van der Waals surface area (Å²) in [5, 5.41) is 10.1. The van der Waals surface area contributed by atoms with Crippen molar-refractivity contribution in [2.45, 2.75) is 46.3 Å². The molecule has 1 unspecified atom stereocenters. The number of ether oxygens (including phenoxy) is 2. The maximum Gasteiger partial charge on any atom is 0.102 e. The highest BCUT2D eigenvalue weighted by molar-refractivity contribution is 5.29. The molecule has 0 bridgehead atoms. The van der Waals surface area contributed by atoms with Crippen LogP contribution in [0.1, 0.15) is 43.6 Å². The Kier molecular flexibility index (Phi) is 5.98. The summed E-state index contributed by atoms with van der Waals surface area (Å²) in [6, 6.07) is 6.08. The van der Waals surface area contributed by atoms with Crippen molar-refractivity contribution >= 4 is 0 Å². The van der Waals surface area contributed by atoms with E-state index in [0.717, 1.165) is 16.7 Å². The average molecular weight is 266 g/mol. The van der Waals surface area contributed by atoms with Gasteiger partial charge in [-0.2, -0.15) is 0 Å². The summed E-state index contributed by atoms with van der Waals surface area (Å²) in [5.41, 5.74) is 3.08. The van der Waals surface area contributed by atoms with E-state index in [0.29, 0.717) is 19.8 Å². The molecule has 3 nitrogen and oxygen atoms in total. The highest BCUT2D eigenvalue weighted by atomic mass is 16.5. The zero-order chi connectivity index (χ0) is 14.5. The molecule has 0 saturated heterocycles. The summed E-state index contributed by atoms with van der Waals surface area (Å²) in [6.45, 7) is 11.4. The normalized spacial score (nSPS) is 13.6. The Balaban J connectivity index is 2.33. The summed E-state index contributed by atoms with van der Waals surface area (Å²) in [4.78, 5) is 0. The lowest BCUT2D eigenvalue weighted by Gasteiger charge is -2.20. The molecule has 1 rings (SSSR count). The van der Waals surface area contributed by atoms with Gasteiger partial charge in [0.2, 0.25) is 0 Å². The Morgan fingerprint density at radius 1 is 1.05 bits per heavy atom. The minimum Gasteiger partial charge on any atom is -0.386 e. The van der Waals surface area contributed by atoms with Crippen LogP contribution in [0.25, 0.3) is 0 Å². The second-order valence-electron chi connectivity index (χ2n) is 5.97. The van der Waals surface area contributed by atoms with Crippen LogP contribution in [0.5, 0.6) is 0 Å².